The molecule has 0 spiro atoms. The molecule has 1 aromatic heterocycles. The average molecular weight is 568 g/mol. The molecule has 3 aromatic rings. The van der Waals surface area contributed by atoms with Crippen LogP contribution in [0, 0.1) is 0 Å². The van der Waals surface area contributed by atoms with E-state index in [1.54, 1.807) is 19.1 Å². The smallest absolute Gasteiger partial charge is 0.497 e. The molecule has 0 unspecified atom stereocenters. The lowest BCUT2D eigenvalue weighted by Gasteiger charge is -2.14. The largest absolute Gasteiger partial charge is 0.515 e. The maximum absolute atomic E-state index is 12.5. The Morgan fingerprint density at radius 3 is 2.39 bits per heavy atom. The Hall–Kier alpha value is -3.59. The van der Waals surface area contributed by atoms with Crippen LogP contribution in [-0.2, 0) is 27.0 Å². The normalized spacial score (nSPS) is 15.2. The number of benzene rings is 2. The van der Waals surface area contributed by atoms with Gasteiger partial charge in [-0.2, -0.15) is 12.7 Å². The van der Waals surface area contributed by atoms with Crippen molar-refractivity contribution in [1.29, 1.82) is 0 Å². The quantitative estimate of drug-likeness (QED) is 0.289. The summed E-state index contributed by atoms with van der Waals surface area (Å²) in [5.74, 6) is 0.424. The molecule has 12 nitrogen and oxygen atoms in total. The number of fused-ring (bicyclic) bond motifs is 2. The first-order chi connectivity index (χ1) is 17.9. The van der Waals surface area contributed by atoms with Crippen LogP contribution in [0.15, 0.2) is 52.3 Å². The molecule has 0 radical (unpaired) electrons. The maximum Gasteiger partial charge on any atom is 0.515 e. The van der Waals surface area contributed by atoms with Crippen LogP contribution in [-0.4, -0.2) is 40.2 Å². The van der Waals surface area contributed by atoms with Gasteiger partial charge in [0.15, 0.2) is 5.75 Å². The van der Waals surface area contributed by atoms with Gasteiger partial charge in [0.05, 0.1) is 25.9 Å². The number of allylic oxidation sites excluding steroid dienone is 2. The van der Waals surface area contributed by atoms with Crippen molar-refractivity contribution in [3.8, 4) is 17.2 Å². The highest BCUT2D eigenvalue weighted by Gasteiger charge is 2.37. The summed E-state index contributed by atoms with van der Waals surface area (Å²) in [6.45, 7) is 3.65. The average Bonchev–Trinajstić information content (AvgIpc) is 3.41. The number of hydrogen-bond donors (Lipinski definition) is 2. The van der Waals surface area contributed by atoms with E-state index in [-0.39, 0.29) is 40.7 Å². The third-order valence-corrected chi connectivity index (χ3v) is 7.49. The SMILES string of the molecule is CCCc1c(OC)ccc2oc(C=C(C=C3Oc4ccc(OC)cc4N3S(=O)(=O)O)CC)[n+](S(=O)(=O)O)c12. The lowest BCUT2D eigenvalue weighted by Crippen LogP contribution is -2.44. The minimum atomic E-state index is -4.84. The van der Waals surface area contributed by atoms with Crippen molar-refractivity contribution in [2.24, 2.45) is 0 Å². The lowest BCUT2D eigenvalue weighted by atomic mass is 10.1. The minimum absolute atomic E-state index is 0.0293. The third kappa shape index (κ3) is 5.07. The monoisotopic (exact) mass is 567 g/mol. The van der Waals surface area contributed by atoms with Crippen LogP contribution in [0.5, 0.6) is 17.2 Å². The molecule has 0 amide bonds. The van der Waals surface area contributed by atoms with Gasteiger partial charge in [-0.05, 0) is 46.7 Å². The highest BCUT2D eigenvalue weighted by atomic mass is 32.2. The molecule has 2 aromatic carbocycles. The second-order valence-corrected chi connectivity index (χ2v) is 10.8. The molecule has 38 heavy (non-hydrogen) atoms. The summed E-state index contributed by atoms with van der Waals surface area (Å²) in [6, 6.07) is 7.60. The van der Waals surface area contributed by atoms with Crippen LogP contribution < -0.4 is 22.5 Å². The third-order valence-electron chi connectivity index (χ3n) is 5.83. The topological polar surface area (TPSA) is 157 Å². The number of nitrogens with zero attached hydrogens (tertiary/aromatic N) is 2. The Kier molecular flexibility index (Phi) is 7.43. The summed E-state index contributed by atoms with van der Waals surface area (Å²) in [5, 5.41) is 0. The first kappa shape index (κ1) is 27.4. The molecule has 2 N–H and O–H groups in total. The van der Waals surface area contributed by atoms with Crippen molar-refractivity contribution >= 4 is 43.5 Å². The number of ether oxygens (including phenoxy) is 3. The molecule has 14 heteroatoms. The van der Waals surface area contributed by atoms with Gasteiger partial charge in [0.1, 0.15) is 17.2 Å². The van der Waals surface area contributed by atoms with Crippen LogP contribution in [0.2, 0.25) is 0 Å². The zero-order valence-corrected chi connectivity index (χ0v) is 22.7. The molecule has 0 fully saturated rings. The van der Waals surface area contributed by atoms with Crippen LogP contribution in [0.1, 0.15) is 38.1 Å². The zero-order chi connectivity index (χ0) is 27.8. The number of oxazole rings is 1. The summed E-state index contributed by atoms with van der Waals surface area (Å²) >= 11 is 0. The van der Waals surface area contributed by atoms with Gasteiger partial charge in [0, 0.05) is 12.1 Å². The number of rotatable bonds is 9. The second-order valence-electron chi connectivity index (χ2n) is 8.26. The van der Waals surface area contributed by atoms with Crippen LogP contribution in [0.4, 0.5) is 5.69 Å². The lowest BCUT2D eigenvalue weighted by molar-refractivity contribution is -0.499. The summed E-state index contributed by atoms with van der Waals surface area (Å²) in [5.41, 5.74) is 1.23. The number of methoxy groups -OCH3 is 2. The first-order valence-corrected chi connectivity index (χ1v) is 14.3. The molecule has 0 saturated heterocycles. The number of aryl methyl sites for hydroxylation is 1. The van der Waals surface area contributed by atoms with Gasteiger partial charge >= 0.3 is 26.5 Å². The molecule has 0 bridgehead atoms. The van der Waals surface area contributed by atoms with Crippen molar-refractivity contribution < 1.29 is 48.5 Å². The van der Waals surface area contributed by atoms with Crippen molar-refractivity contribution in [3.05, 3.63) is 59.3 Å². The molecule has 0 aliphatic carbocycles. The molecular formula is C24H27N2O10S2+. The highest BCUT2D eigenvalue weighted by molar-refractivity contribution is 7.87. The van der Waals surface area contributed by atoms with Crippen LogP contribution in [0.25, 0.3) is 17.2 Å². The molecule has 1 aliphatic heterocycles. The van der Waals surface area contributed by atoms with E-state index >= 15 is 0 Å². The maximum atomic E-state index is 12.5. The van der Waals surface area contributed by atoms with Gasteiger partial charge in [0.25, 0.3) is 5.52 Å². The van der Waals surface area contributed by atoms with Crippen LogP contribution >= 0.6 is 0 Å². The van der Waals surface area contributed by atoms with E-state index in [0.717, 1.165) is 0 Å². The van der Waals surface area contributed by atoms with Gasteiger partial charge < -0.3 is 18.6 Å². The summed E-state index contributed by atoms with van der Waals surface area (Å²) < 4.78 is 92.9. The predicted molar refractivity (Wildman–Crippen MR) is 138 cm³/mol. The van der Waals surface area contributed by atoms with E-state index in [1.807, 2.05) is 6.92 Å². The summed E-state index contributed by atoms with van der Waals surface area (Å²) in [4.78, 5) is 0. The molecule has 204 valence electrons. The van der Waals surface area contributed by atoms with Crippen molar-refractivity contribution in [2.75, 3.05) is 18.5 Å². The summed E-state index contributed by atoms with van der Waals surface area (Å²) in [6.07, 6.45) is 4.02. The standard InChI is InChI=1S/C24H26N2O10S2/c1-5-7-17-19(34-4)10-11-21-24(17)26(38(30,31)32)23(36-21)13-15(6-2)12-22-25(37(27,28)29)18-14-16(33-3)8-9-20(18)35-22/h8-14H,5-7H2,1-4H3,(H-,27,28,29,30,31,32)/p+1. The first-order valence-electron chi connectivity index (χ1n) is 11.5. The number of anilines is 1. The summed E-state index contributed by atoms with van der Waals surface area (Å²) in [7, 11) is -6.79. The number of hydrogen-bond acceptors (Lipinski definition) is 8. The van der Waals surface area contributed by atoms with Crippen LogP contribution in [0.3, 0.4) is 0 Å². The molecule has 4 rings (SSSR count). The van der Waals surface area contributed by atoms with E-state index in [1.165, 1.54) is 44.6 Å². The van der Waals surface area contributed by atoms with Gasteiger partial charge in [-0.15, -0.1) is 8.42 Å². The predicted octanol–water partition coefficient (Wildman–Crippen LogP) is 3.68. The van der Waals surface area contributed by atoms with Gasteiger partial charge in [-0.25, -0.2) is 4.55 Å². The Balaban J connectivity index is 1.92. The fraction of sp³-hybridized carbons (Fsp3) is 0.292. The Bertz CT molecular complexity index is 1670. The fourth-order valence-corrected chi connectivity index (χ4v) is 5.65. The second kappa shape index (κ2) is 10.3. The van der Waals surface area contributed by atoms with E-state index < -0.39 is 20.6 Å². The van der Waals surface area contributed by atoms with Crippen molar-refractivity contribution in [1.82, 2.24) is 0 Å². The Morgan fingerprint density at radius 2 is 1.82 bits per heavy atom. The van der Waals surface area contributed by atoms with Crippen molar-refractivity contribution in [2.45, 2.75) is 33.1 Å². The molecule has 1 aliphatic rings. The number of aromatic nitrogens is 1. The Labute approximate surface area is 220 Å². The molecule has 2 heterocycles. The zero-order valence-electron chi connectivity index (χ0n) is 21.0. The molecule has 0 saturated carbocycles. The van der Waals surface area contributed by atoms with Gasteiger partial charge in [-0.3, -0.25) is 4.55 Å². The Morgan fingerprint density at radius 1 is 1.08 bits per heavy atom. The van der Waals surface area contributed by atoms with Crippen molar-refractivity contribution in [3.63, 3.8) is 0 Å². The molecular weight excluding hydrogens is 540 g/mol. The molecule has 0 atom stereocenters. The van der Waals surface area contributed by atoms with E-state index in [4.69, 9.17) is 18.6 Å². The van der Waals surface area contributed by atoms with Gasteiger partial charge in [-0.1, -0.05) is 20.3 Å². The highest BCUT2D eigenvalue weighted by Crippen LogP contribution is 2.43. The minimum Gasteiger partial charge on any atom is -0.497 e. The fourth-order valence-electron chi connectivity index (χ4n) is 4.20. The van der Waals surface area contributed by atoms with E-state index in [0.29, 0.717) is 43.8 Å². The van der Waals surface area contributed by atoms with E-state index in [2.05, 4.69) is 0 Å². The van der Waals surface area contributed by atoms with E-state index in [9.17, 15) is 25.9 Å². The van der Waals surface area contributed by atoms with Gasteiger partial charge in [0.2, 0.25) is 11.5 Å².